The molecule has 0 fully saturated rings. The first-order chi connectivity index (χ1) is 10.8. The van der Waals surface area contributed by atoms with Crippen molar-refractivity contribution in [3.05, 3.63) is 63.7 Å². The van der Waals surface area contributed by atoms with Gasteiger partial charge in [-0.05, 0) is 32.0 Å². The number of carbonyl (C=O) groups excluding carboxylic acids is 1. The summed E-state index contributed by atoms with van der Waals surface area (Å²) >= 11 is 5.82. The summed E-state index contributed by atoms with van der Waals surface area (Å²) in [4.78, 5) is 12.3. The van der Waals surface area contributed by atoms with Gasteiger partial charge in [0.1, 0.15) is 5.75 Å². The maximum atomic E-state index is 13.3. The van der Waals surface area contributed by atoms with Gasteiger partial charge in [0, 0.05) is 5.56 Å². The molecule has 0 aliphatic rings. The van der Waals surface area contributed by atoms with Crippen LogP contribution < -0.4 is 10.1 Å². The summed E-state index contributed by atoms with van der Waals surface area (Å²) in [5, 5.41) is 2.56. The Balaban J connectivity index is 2.27. The van der Waals surface area contributed by atoms with Crippen LogP contribution in [0, 0.1) is 18.6 Å². The van der Waals surface area contributed by atoms with Gasteiger partial charge in [0.05, 0.1) is 23.7 Å². The van der Waals surface area contributed by atoms with E-state index in [0.29, 0.717) is 5.75 Å². The first-order valence-corrected chi connectivity index (χ1v) is 7.31. The number of carbonyl (C=O) groups is 1. The lowest BCUT2D eigenvalue weighted by molar-refractivity contribution is 0.0939. The fourth-order valence-corrected chi connectivity index (χ4v) is 2.48. The smallest absolute Gasteiger partial charge is 0.253 e. The Bertz CT molecular complexity index is 750. The van der Waals surface area contributed by atoms with E-state index in [1.54, 1.807) is 13.0 Å². The second-order valence-corrected chi connectivity index (χ2v) is 5.59. The van der Waals surface area contributed by atoms with Crippen LogP contribution in [0.2, 0.25) is 5.02 Å². The maximum absolute atomic E-state index is 13.3. The van der Waals surface area contributed by atoms with Gasteiger partial charge in [-0.2, -0.15) is 0 Å². The van der Waals surface area contributed by atoms with E-state index in [2.05, 4.69) is 5.32 Å². The zero-order valence-electron chi connectivity index (χ0n) is 12.9. The van der Waals surface area contributed by atoms with E-state index in [1.807, 2.05) is 19.1 Å². The monoisotopic (exact) mass is 339 g/mol. The molecule has 0 bridgehead atoms. The number of aryl methyl sites for hydroxylation is 1. The zero-order chi connectivity index (χ0) is 17.1. The molecule has 1 amide bonds. The zero-order valence-corrected chi connectivity index (χ0v) is 13.7. The molecule has 0 saturated heterocycles. The van der Waals surface area contributed by atoms with Crippen molar-refractivity contribution in [1.82, 2.24) is 5.32 Å². The number of hydrogen-bond donors (Lipinski definition) is 1. The van der Waals surface area contributed by atoms with Crippen LogP contribution in [-0.4, -0.2) is 13.0 Å². The normalized spacial score (nSPS) is 11.9. The van der Waals surface area contributed by atoms with Gasteiger partial charge in [-0.15, -0.1) is 0 Å². The molecule has 0 radical (unpaired) electrons. The SMILES string of the molecule is COc1ccc(C)cc1C(C)NC(=O)c1cc(F)c(F)cc1Cl. The fourth-order valence-electron chi connectivity index (χ4n) is 2.24. The Hall–Kier alpha value is -2.14. The fraction of sp³-hybridized carbons (Fsp3) is 0.235. The summed E-state index contributed by atoms with van der Waals surface area (Å²) in [6, 6.07) is 6.75. The molecule has 0 aliphatic heterocycles. The molecule has 2 rings (SSSR count). The van der Waals surface area contributed by atoms with E-state index in [-0.39, 0.29) is 10.6 Å². The highest BCUT2D eigenvalue weighted by atomic mass is 35.5. The van der Waals surface area contributed by atoms with E-state index < -0.39 is 23.6 Å². The molecule has 6 heteroatoms. The Kier molecular flexibility index (Phi) is 5.21. The lowest BCUT2D eigenvalue weighted by atomic mass is 10.0. The van der Waals surface area contributed by atoms with Crippen molar-refractivity contribution in [2.75, 3.05) is 7.11 Å². The molecule has 3 nitrogen and oxygen atoms in total. The highest BCUT2D eigenvalue weighted by Crippen LogP contribution is 2.27. The summed E-state index contributed by atoms with van der Waals surface area (Å²) in [6.45, 7) is 3.69. The topological polar surface area (TPSA) is 38.3 Å². The van der Waals surface area contributed by atoms with Crippen LogP contribution in [0.5, 0.6) is 5.75 Å². The number of methoxy groups -OCH3 is 1. The third-order valence-electron chi connectivity index (χ3n) is 3.45. The van der Waals surface area contributed by atoms with Crippen molar-refractivity contribution in [3.63, 3.8) is 0 Å². The number of benzene rings is 2. The van der Waals surface area contributed by atoms with E-state index in [9.17, 15) is 13.6 Å². The summed E-state index contributed by atoms with van der Waals surface area (Å²) in [5.74, 6) is -2.19. The van der Waals surface area contributed by atoms with Gasteiger partial charge in [-0.25, -0.2) is 8.78 Å². The van der Waals surface area contributed by atoms with Crippen LogP contribution in [0.3, 0.4) is 0 Å². The van der Waals surface area contributed by atoms with Crippen molar-refractivity contribution < 1.29 is 18.3 Å². The molecule has 1 atom stereocenters. The molecular formula is C17H16ClF2NO2. The molecule has 1 unspecified atom stereocenters. The molecule has 0 aliphatic carbocycles. The minimum Gasteiger partial charge on any atom is -0.496 e. The van der Waals surface area contributed by atoms with Crippen LogP contribution in [0.25, 0.3) is 0 Å². The van der Waals surface area contributed by atoms with E-state index in [0.717, 1.165) is 23.3 Å². The molecule has 122 valence electrons. The second kappa shape index (κ2) is 6.96. The Morgan fingerprint density at radius 1 is 1.22 bits per heavy atom. The average Bonchev–Trinajstić information content (AvgIpc) is 2.50. The molecule has 0 spiro atoms. The minimum absolute atomic E-state index is 0.121. The molecular weight excluding hydrogens is 324 g/mol. The van der Waals surface area contributed by atoms with Crippen molar-refractivity contribution in [3.8, 4) is 5.75 Å². The van der Waals surface area contributed by atoms with Gasteiger partial charge < -0.3 is 10.1 Å². The largest absolute Gasteiger partial charge is 0.496 e. The van der Waals surface area contributed by atoms with E-state index in [1.165, 1.54) is 7.11 Å². The van der Waals surface area contributed by atoms with Crippen LogP contribution in [-0.2, 0) is 0 Å². The second-order valence-electron chi connectivity index (χ2n) is 5.19. The molecule has 0 saturated carbocycles. The van der Waals surface area contributed by atoms with Crippen LogP contribution >= 0.6 is 11.6 Å². The lowest BCUT2D eigenvalue weighted by Crippen LogP contribution is -2.27. The average molecular weight is 340 g/mol. The number of amides is 1. The Labute approximate surface area is 138 Å². The highest BCUT2D eigenvalue weighted by Gasteiger charge is 2.19. The van der Waals surface area contributed by atoms with Crippen molar-refractivity contribution in [2.45, 2.75) is 19.9 Å². The predicted octanol–water partition coefficient (Wildman–Crippen LogP) is 4.43. The van der Waals surface area contributed by atoms with Crippen LogP contribution in [0.4, 0.5) is 8.78 Å². The van der Waals surface area contributed by atoms with Gasteiger partial charge in [-0.1, -0.05) is 29.3 Å². The molecule has 2 aromatic carbocycles. The predicted molar refractivity (Wildman–Crippen MR) is 85.0 cm³/mol. The molecule has 1 N–H and O–H groups in total. The standard InChI is InChI=1S/C17H16ClF2NO2/c1-9-4-5-16(23-3)11(6-9)10(2)21-17(22)12-7-14(19)15(20)8-13(12)18/h4-8,10H,1-3H3,(H,21,22). The number of ether oxygens (including phenoxy) is 1. The van der Waals surface area contributed by atoms with E-state index >= 15 is 0 Å². The Morgan fingerprint density at radius 3 is 2.52 bits per heavy atom. The van der Waals surface area contributed by atoms with Gasteiger partial charge >= 0.3 is 0 Å². The third-order valence-corrected chi connectivity index (χ3v) is 3.77. The van der Waals surface area contributed by atoms with Crippen LogP contribution in [0.1, 0.15) is 34.5 Å². The summed E-state index contributed by atoms with van der Waals surface area (Å²) in [7, 11) is 1.54. The summed E-state index contributed by atoms with van der Waals surface area (Å²) < 4.78 is 31.7. The number of rotatable bonds is 4. The van der Waals surface area contributed by atoms with Crippen molar-refractivity contribution >= 4 is 17.5 Å². The quantitative estimate of drug-likeness (QED) is 0.837. The summed E-state index contributed by atoms with van der Waals surface area (Å²) in [5.41, 5.74) is 1.66. The lowest BCUT2D eigenvalue weighted by Gasteiger charge is -2.18. The molecule has 0 aromatic heterocycles. The first-order valence-electron chi connectivity index (χ1n) is 6.93. The minimum atomic E-state index is -1.12. The van der Waals surface area contributed by atoms with Gasteiger partial charge in [-0.3, -0.25) is 4.79 Å². The third kappa shape index (κ3) is 3.79. The number of halogens is 3. The highest BCUT2D eigenvalue weighted by molar-refractivity contribution is 6.33. The summed E-state index contributed by atoms with van der Waals surface area (Å²) in [6.07, 6.45) is 0. The van der Waals surface area contributed by atoms with Gasteiger partial charge in [0.15, 0.2) is 11.6 Å². The Morgan fingerprint density at radius 2 is 1.87 bits per heavy atom. The van der Waals surface area contributed by atoms with Crippen molar-refractivity contribution in [2.24, 2.45) is 0 Å². The van der Waals surface area contributed by atoms with Gasteiger partial charge in [0.2, 0.25) is 0 Å². The van der Waals surface area contributed by atoms with E-state index in [4.69, 9.17) is 16.3 Å². The van der Waals surface area contributed by atoms with Crippen molar-refractivity contribution in [1.29, 1.82) is 0 Å². The molecule has 0 heterocycles. The van der Waals surface area contributed by atoms with Crippen LogP contribution in [0.15, 0.2) is 30.3 Å². The van der Waals surface area contributed by atoms with Gasteiger partial charge in [0.25, 0.3) is 5.91 Å². The maximum Gasteiger partial charge on any atom is 0.253 e. The first kappa shape index (κ1) is 17.2. The number of nitrogens with one attached hydrogen (secondary N) is 1. The molecule has 2 aromatic rings. The molecule has 23 heavy (non-hydrogen) atoms. The number of hydrogen-bond acceptors (Lipinski definition) is 2.